The van der Waals surface area contributed by atoms with Crippen LogP contribution in [0.5, 0.6) is 5.88 Å². The smallest absolute Gasteiger partial charge is 0.233 e. The molecule has 0 aliphatic rings. The number of methoxy groups -OCH3 is 1. The number of hydrogen-bond acceptors (Lipinski definition) is 3. The maximum absolute atomic E-state index is 6.74. The molecule has 0 fully saturated rings. The first-order valence-electron chi connectivity index (χ1n) is 3.64. The third kappa shape index (κ3) is 1.54. The average molecular weight is 148 g/mol. The van der Waals surface area contributed by atoms with Crippen LogP contribution in [0.4, 0.5) is 0 Å². The average Bonchev–Trinajstić information content (AvgIpc) is 1.82. The zero-order chi connectivity index (χ0) is 9.19. The van der Waals surface area contributed by atoms with Crippen molar-refractivity contribution in [2.75, 3.05) is 7.04 Å². The molecule has 0 bridgehead atoms. The van der Waals surface area contributed by atoms with E-state index in [1.54, 1.807) is 0 Å². The van der Waals surface area contributed by atoms with E-state index in [9.17, 15) is 0 Å². The molecular weight excluding hydrogens is 140 g/mol. The first-order chi connectivity index (χ1) is 5.47. The summed E-state index contributed by atoms with van der Waals surface area (Å²) in [6.45, 7) is 0. The molecule has 0 amide bonds. The van der Waals surface area contributed by atoms with E-state index < -0.39 is 7.04 Å². The Labute approximate surface area is 61.9 Å². The van der Waals surface area contributed by atoms with Crippen molar-refractivity contribution in [1.82, 2.24) is 9.97 Å². The molecule has 0 atom stereocenters. The molecule has 4 heteroatoms. The number of halogens is 1. The van der Waals surface area contributed by atoms with Crippen molar-refractivity contribution in [1.29, 1.82) is 0 Å². The minimum absolute atomic E-state index is 0.0942. The predicted octanol–water partition coefficient (Wildman–Crippen LogP) is 1.14. The second-order valence-electron chi connectivity index (χ2n) is 1.28. The van der Waals surface area contributed by atoms with Crippen LogP contribution >= 0.6 is 11.6 Å². The summed E-state index contributed by atoms with van der Waals surface area (Å²) < 4.78 is 24.6. The monoisotopic (exact) mass is 147 g/mol. The third-order valence-corrected chi connectivity index (χ3v) is 0.870. The van der Waals surface area contributed by atoms with Gasteiger partial charge in [-0.15, -0.1) is 0 Å². The zero-order valence-electron chi connectivity index (χ0n) is 7.34. The van der Waals surface area contributed by atoms with E-state index in [0.29, 0.717) is 0 Å². The van der Waals surface area contributed by atoms with Crippen LogP contribution in [0, 0.1) is 0 Å². The number of aromatic nitrogens is 2. The standard InChI is InChI=1S/C5H5ClN2O/c1-9-5-3-7-2-4(6)8-5/h2-3H,1H3/i1D3. The molecule has 0 aliphatic heterocycles. The molecule has 0 saturated carbocycles. The summed E-state index contributed by atoms with van der Waals surface area (Å²) in [5.41, 5.74) is 0. The van der Waals surface area contributed by atoms with Crippen LogP contribution in [-0.4, -0.2) is 17.0 Å². The highest BCUT2D eigenvalue weighted by Gasteiger charge is 1.91. The second kappa shape index (κ2) is 2.64. The van der Waals surface area contributed by atoms with Crippen LogP contribution in [0.3, 0.4) is 0 Å². The number of nitrogens with zero attached hydrogens (tertiary/aromatic N) is 2. The minimum Gasteiger partial charge on any atom is -0.480 e. The topological polar surface area (TPSA) is 35.0 Å². The van der Waals surface area contributed by atoms with E-state index in [2.05, 4.69) is 14.7 Å². The Morgan fingerprint density at radius 2 is 2.67 bits per heavy atom. The highest BCUT2D eigenvalue weighted by atomic mass is 35.5. The Bertz CT molecular complexity index is 278. The first-order valence-corrected chi connectivity index (χ1v) is 2.52. The molecule has 1 heterocycles. The molecule has 0 unspecified atom stereocenters. The summed E-state index contributed by atoms with van der Waals surface area (Å²) in [6.07, 6.45) is 2.46. The lowest BCUT2D eigenvalue weighted by Gasteiger charge is -1.94. The third-order valence-electron chi connectivity index (χ3n) is 0.688. The molecule has 0 saturated heterocycles. The van der Waals surface area contributed by atoms with Gasteiger partial charge in [0.1, 0.15) is 0 Å². The van der Waals surface area contributed by atoms with Gasteiger partial charge in [0, 0.05) is 0 Å². The largest absolute Gasteiger partial charge is 0.480 e. The summed E-state index contributed by atoms with van der Waals surface area (Å²) in [5.74, 6) is -0.109. The zero-order valence-corrected chi connectivity index (χ0v) is 5.09. The molecule has 0 spiro atoms. The van der Waals surface area contributed by atoms with Crippen LogP contribution in [0.25, 0.3) is 0 Å². The van der Waals surface area contributed by atoms with Gasteiger partial charge in [0.15, 0.2) is 5.15 Å². The summed E-state index contributed by atoms with van der Waals surface area (Å²) in [4.78, 5) is 7.18. The van der Waals surface area contributed by atoms with Crippen LogP contribution in [-0.2, 0) is 0 Å². The van der Waals surface area contributed by atoms with Gasteiger partial charge in [0.2, 0.25) is 5.88 Å². The van der Waals surface area contributed by atoms with E-state index in [0.717, 1.165) is 0 Å². The van der Waals surface area contributed by atoms with Crippen LogP contribution in [0.1, 0.15) is 4.11 Å². The summed E-state index contributed by atoms with van der Waals surface area (Å²) in [5, 5.41) is 0.0942. The number of hydrogen-bond donors (Lipinski definition) is 0. The van der Waals surface area contributed by atoms with Crippen molar-refractivity contribution >= 4 is 11.6 Å². The molecular formula is C5H5ClN2O. The van der Waals surface area contributed by atoms with Crippen molar-refractivity contribution in [3.63, 3.8) is 0 Å². The maximum Gasteiger partial charge on any atom is 0.233 e. The Morgan fingerprint density at radius 3 is 3.33 bits per heavy atom. The predicted molar refractivity (Wildman–Crippen MR) is 33.6 cm³/mol. The van der Waals surface area contributed by atoms with Crippen molar-refractivity contribution in [3.8, 4) is 5.88 Å². The highest BCUT2D eigenvalue weighted by molar-refractivity contribution is 6.29. The molecule has 0 aromatic carbocycles. The summed E-state index contributed by atoms with van der Waals surface area (Å²) in [7, 11) is -2.51. The number of ether oxygens (including phenoxy) is 1. The van der Waals surface area contributed by atoms with Gasteiger partial charge >= 0.3 is 0 Å². The van der Waals surface area contributed by atoms with E-state index in [1.165, 1.54) is 12.4 Å². The molecule has 1 aromatic heterocycles. The van der Waals surface area contributed by atoms with Gasteiger partial charge in [-0.1, -0.05) is 11.6 Å². The van der Waals surface area contributed by atoms with Gasteiger partial charge in [-0.3, -0.25) is 4.98 Å². The lowest BCUT2D eigenvalue weighted by atomic mass is 10.7. The fourth-order valence-corrected chi connectivity index (χ4v) is 0.514. The van der Waals surface area contributed by atoms with Crippen molar-refractivity contribution in [2.45, 2.75) is 0 Å². The fourth-order valence-electron chi connectivity index (χ4n) is 0.375. The van der Waals surface area contributed by atoms with Crippen LogP contribution in [0.2, 0.25) is 5.15 Å². The Hall–Kier alpha value is -0.830. The second-order valence-corrected chi connectivity index (χ2v) is 1.67. The summed E-state index contributed by atoms with van der Waals surface area (Å²) >= 11 is 5.44. The summed E-state index contributed by atoms with van der Waals surface area (Å²) in [6, 6.07) is 0. The van der Waals surface area contributed by atoms with Crippen molar-refractivity contribution in [3.05, 3.63) is 17.5 Å². The maximum atomic E-state index is 6.74. The van der Waals surface area contributed by atoms with E-state index in [-0.39, 0.29) is 11.0 Å². The fraction of sp³-hybridized carbons (Fsp3) is 0.200. The van der Waals surface area contributed by atoms with Gasteiger partial charge in [-0.25, -0.2) is 0 Å². The quantitative estimate of drug-likeness (QED) is 0.598. The molecule has 9 heavy (non-hydrogen) atoms. The number of rotatable bonds is 1. The van der Waals surface area contributed by atoms with Gasteiger partial charge in [0.05, 0.1) is 23.5 Å². The molecule has 0 aliphatic carbocycles. The highest BCUT2D eigenvalue weighted by Crippen LogP contribution is 2.07. The van der Waals surface area contributed by atoms with E-state index >= 15 is 0 Å². The molecule has 0 radical (unpaired) electrons. The molecule has 1 aromatic rings. The minimum atomic E-state index is -2.51. The van der Waals surface area contributed by atoms with Gasteiger partial charge in [-0.05, 0) is 0 Å². The normalized spacial score (nSPS) is 15.4. The van der Waals surface area contributed by atoms with Crippen LogP contribution in [0.15, 0.2) is 12.4 Å². The molecule has 3 nitrogen and oxygen atoms in total. The Kier molecular flexibility index (Phi) is 0.987. The van der Waals surface area contributed by atoms with Gasteiger partial charge in [-0.2, -0.15) is 4.98 Å². The van der Waals surface area contributed by atoms with Crippen molar-refractivity contribution < 1.29 is 8.85 Å². The lowest BCUT2D eigenvalue weighted by molar-refractivity contribution is 0.396. The SMILES string of the molecule is [2H]C([2H])([2H])Oc1cncc(Cl)n1. The van der Waals surface area contributed by atoms with Crippen LogP contribution < -0.4 is 4.74 Å². The van der Waals surface area contributed by atoms with Gasteiger partial charge in [0.25, 0.3) is 0 Å². The first kappa shape index (κ1) is 3.37. The van der Waals surface area contributed by atoms with E-state index in [4.69, 9.17) is 15.7 Å². The van der Waals surface area contributed by atoms with Crippen molar-refractivity contribution in [2.24, 2.45) is 0 Å². The molecule has 48 valence electrons. The molecule has 0 N–H and O–H groups in total. The lowest BCUT2D eigenvalue weighted by Crippen LogP contribution is -1.87. The van der Waals surface area contributed by atoms with Gasteiger partial charge < -0.3 is 4.74 Å². The Morgan fingerprint density at radius 1 is 1.78 bits per heavy atom. The van der Waals surface area contributed by atoms with E-state index in [1.807, 2.05) is 0 Å². The Balaban J connectivity index is 2.77. The molecule has 1 rings (SSSR count).